The van der Waals surface area contributed by atoms with Crippen molar-refractivity contribution in [3.8, 4) is 0 Å². The summed E-state index contributed by atoms with van der Waals surface area (Å²) in [5, 5.41) is 5.33. The van der Waals surface area contributed by atoms with E-state index in [1.807, 2.05) is 13.8 Å². The zero-order valence-corrected chi connectivity index (χ0v) is 26.2. The van der Waals surface area contributed by atoms with E-state index in [4.69, 9.17) is 4.42 Å². The van der Waals surface area contributed by atoms with Gasteiger partial charge >= 0.3 is 6.18 Å². The topological polar surface area (TPSA) is 168 Å². The largest absolute Gasteiger partial charge is 0.434 e. The highest BCUT2D eigenvalue weighted by molar-refractivity contribution is 7.88. The summed E-state index contributed by atoms with van der Waals surface area (Å²) in [6, 6.07) is -0.452. The fourth-order valence-electron chi connectivity index (χ4n) is 6.77. The lowest BCUT2D eigenvalue weighted by Gasteiger charge is -2.34. The average Bonchev–Trinajstić information content (AvgIpc) is 3.44. The van der Waals surface area contributed by atoms with Crippen LogP contribution in [0.25, 0.3) is 11.1 Å². The Bertz CT molecular complexity index is 1650. The summed E-state index contributed by atoms with van der Waals surface area (Å²) >= 11 is 0. The Kier molecular flexibility index (Phi) is 8.30. The maximum absolute atomic E-state index is 14.0. The second-order valence-electron chi connectivity index (χ2n) is 13.1. The van der Waals surface area contributed by atoms with Crippen LogP contribution in [0.2, 0.25) is 0 Å². The van der Waals surface area contributed by atoms with Gasteiger partial charge in [-0.3, -0.25) is 19.2 Å². The minimum absolute atomic E-state index is 0.0594. The van der Waals surface area contributed by atoms with Gasteiger partial charge in [0.25, 0.3) is 5.89 Å². The highest BCUT2D eigenvalue weighted by atomic mass is 32.2. The molecule has 3 fully saturated rings. The minimum Gasteiger partial charge on any atom is -0.434 e. The summed E-state index contributed by atoms with van der Waals surface area (Å²) in [5.74, 6) is -4.69. The van der Waals surface area contributed by atoms with Crippen LogP contribution in [0.3, 0.4) is 0 Å². The number of nitrogens with zero attached hydrogens (tertiary/aromatic N) is 2. The zero-order chi connectivity index (χ0) is 33.2. The van der Waals surface area contributed by atoms with Gasteiger partial charge in [-0.1, -0.05) is 33.8 Å². The summed E-state index contributed by atoms with van der Waals surface area (Å²) in [7, 11) is -3.78. The summed E-state index contributed by atoms with van der Waals surface area (Å²) in [5.41, 5.74) is -2.26. The lowest BCUT2D eigenvalue weighted by molar-refractivity contribution is -0.142. The second-order valence-corrected chi connectivity index (χ2v) is 14.9. The number of Topliss-reactive ketones (excluding diaryl/α,β-unsaturated/α-hetero) is 1. The number of ketones is 1. The van der Waals surface area contributed by atoms with Crippen molar-refractivity contribution < 1.29 is 45.2 Å². The number of oxazole rings is 1. The number of para-hydroxylation sites is 1. The Morgan fingerprint density at radius 2 is 1.91 bits per heavy atom. The molecule has 2 aromatic rings. The molecule has 5 rings (SSSR count). The van der Waals surface area contributed by atoms with Crippen molar-refractivity contribution in [2.24, 2.45) is 29.1 Å². The Morgan fingerprint density at radius 1 is 1.22 bits per heavy atom. The monoisotopic (exact) mass is 655 g/mol. The molecule has 1 aliphatic carbocycles. The molecule has 16 heteroatoms. The average molecular weight is 656 g/mol. The first-order valence-electron chi connectivity index (χ1n) is 14.7. The first-order chi connectivity index (χ1) is 20.8. The van der Waals surface area contributed by atoms with Crippen LogP contribution in [-0.2, 0) is 30.6 Å². The molecule has 1 aromatic heterocycles. The molecule has 12 nitrogen and oxygen atoms in total. The molecule has 2 saturated heterocycles. The van der Waals surface area contributed by atoms with Gasteiger partial charge in [0.15, 0.2) is 5.58 Å². The minimum atomic E-state index is -4.77. The molecule has 3 heterocycles. The van der Waals surface area contributed by atoms with E-state index in [9.17, 15) is 40.8 Å². The summed E-state index contributed by atoms with van der Waals surface area (Å²) in [4.78, 5) is 59.1. The predicted octanol–water partition coefficient (Wildman–Crippen LogP) is 2.10. The normalized spacial score (nSPS) is 25.6. The quantitative estimate of drug-likeness (QED) is 0.327. The predicted molar refractivity (Wildman–Crippen MR) is 154 cm³/mol. The molecular weight excluding hydrogens is 619 g/mol. The van der Waals surface area contributed by atoms with E-state index >= 15 is 0 Å². The van der Waals surface area contributed by atoms with Crippen LogP contribution in [0.15, 0.2) is 22.6 Å². The summed E-state index contributed by atoms with van der Waals surface area (Å²) in [6.45, 7) is 7.77. The van der Waals surface area contributed by atoms with E-state index in [0.717, 1.165) is 18.4 Å². The van der Waals surface area contributed by atoms with E-state index in [1.54, 1.807) is 13.8 Å². The molecule has 0 bridgehead atoms. The number of aromatic nitrogens is 1. The Balaban J connectivity index is 1.46. The van der Waals surface area contributed by atoms with Crippen molar-refractivity contribution in [2.75, 3.05) is 19.3 Å². The van der Waals surface area contributed by atoms with Crippen molar-refractivity contribution in [1.29, 1.82) is 0 Å². The Labute approximate surface area is 257 Å². The highest BCUT2D eigenvalue weighted by Crippen LogP contribution is 2.65. The van der Waals surface area contributed by atoms with Crippen molar-refractivity contribution in [1.82, 2.24) is 25.2 Å². The first kappa shape index (κ1) is 32.9. The maximum Gasteiger partial charge on any atom is 0.418 e. The highest BCUT2D eigenvalue weighted by Gasteiger charge is 2.69. The SMILES string of the molecule is CC(C)[C@H](NS(C)(=O)=O)C(=O)N1C[C@H]2[C@@H]([C@H]1C(=O)N[C@@H](C[C@@H]1CCNC1=O)C(=O)c1nc3c(C(F)(F)F)cccc3o1)C2(C)C. The van der Waals surface area contributed by atoms with Gasteiger partial charge in [-0.25, -0.2) is 18.1 Å². The number of fused-ring (bicyclic) bond motifs is 2. The molecule has 45 heavy (non-hydrogen) atoms. The molecule has 3 aliphatic rings. The van der Waals surface area contributed by atoms with Crippen molar-refractivity contribution in [3.05, 3.63) is 29.7 Å². The molecule has 0 spiro atoms. The van der Waals surface area contributed by atoms with Crippen LogP contribution < -0.4 is 15.4 Å². The Hall–Kier alpha value is -3.53. The van der Waals surface area contributed by atoms with Gasteiger partial charge in [0.05, 0.1) is 17.9 Å². The number of benzene rings is 1. The first-order valence-corrected chi connectivity index (χ1v) is 16.6. The van der Waals surface area contributed by atoms with Crippen LogP contribution in [-0.4, -0.2) is 79.3 Å². The number of rotatable bonds is 10. The molecule has 1 saturated carbocycles. The lowest BCUT2D eigenvalue weighted by Crippen LogP contribution is -2.58. The summed E-state index contributed by atoms with van der Waals surface area (Å²) < 4.78 is 72.7. The number of amides is 3. The summed E-state index contributed by atoms with van der Waals surface area (Å²) in [6.07, 6.45) is -3.64. The molecule has 6 atom stereocenters. The van der Waals surface area contributed by atoms with Crippen LogP contribution in [0.5, 0.6) is 0 Å². The fourth-order valence-corrected chi connectivity index (χ4v) is 7.60. The smallest absolute Gasteiger partial charge is 0.418 e. The van der Waals surface area contributed by atoms with E-state index in [1.165, 1.54) is 11.0 Å². The number of carbonyl (C=O) groups is 4. The fraction of sp³-hybridized carbons (Fsp3) is 0.621. The molecule has 3 amide bonds. The molecule has 3 N–H and O–H groups in total. The number of nitrogens with one attached hydrogen (secondary N) is 3. The maximum atomic E-state index is 14.0. The third kappa shape index (κ3) is 6.30. The van der Waals surface area contributed by atoms with E-state index in [-0.39, 0.29) is 41.7 Å². The van der Waals surface area contributed by atoms with Gasteiger partial charge in [-0.05, 0) is 48.1 Å². The van der Waals surface area contributed by atoms with Gasteiger partial charge in [0.1, 0.15) is 17.6 Å². The van der Waals surface area contributed by atoms with Gasteiger partial charge in [-0.15, -0.1) is 0 Å². The number of halogens is 3. The number of carbonyl (C=O) groups excluding carboxylic acids is 4. The van der Waals surface area contributed by atoms with Crippen LogP contribution >= 0.6 is 0 Å². The lowest BCUT2D eigenvalue weighted by atomic mass is 9.94. The zero-order valence-electron chi connectivity index (χ0n) is 25.4. The molecule has 246 valence electrons. The van der Waals surface area contributed by atoms with E-state index in [0.29, 0.717) is 13.0 Å². The Morgan fingerprint density at radius 3 is 2.49 bits per heavy atom. The van der Waals surface area contributed by atoms with E-state index < -0.39 is 80.7 Å². The van der Waals surface area contributed by atoms with Gasteiger partial charge < -0.3 is 20.0 Å². The number of sulfonamides is 1. The number of hydrogen-bond acceptors (Lipinski definition) is 8. The second kappa shape index (κ2) is 11.4. The van der Waals surface area contributed by atoms with Gasteiger partial charge in [0, 0.05) is 19.0 Å². The van der Waals surface area contributed by atoms with Gasteiger partial charge in [0.2, 0.25) is 33.5 Å². The molecule has 0 radical (unpaired) electrons. The number of alkyl halides is 3. The number of hydrogen-bond donors (Lipinski definition) is 3. The standard InChI is InChI=1S/C29H36F3N5O7S/c1-13(2)20(36-45(5,42)43)27(41)37-12-16-19(28(16,3)4)22(37)25(40)34-17(11-14-9-10-33-24(14)39)23(38)26-35-21-15(29(30,31)32)7-6-8-18(21)44-26/h6-8,13-14,16-17,19-20,22,36H,9-12H2,1-5H3,(H,33,39)(H,34,40)/t14-,16-,17-,19-,20-,22-/m0/s1. The van der Waals surface area contributed by atoms with Crippen molar-refractivity contribution >= 4 is 44.6 Å². The molecule has 0 unspecified atom stereocenters. The van der Waals surface area contributed by atoms with Crippen LogP contribution in [0.1, 0.15) is 56.8 Å². The van der Waals surface area contributed by atoms with E-state index in [2.05, 4.69) is 20.3 Å². The van der Waals surface area contributed by atoms with Crippen LogP contribution in [0, 0.1) is 29.1 Å². The number of likely N-dealkylation sites (tertiary alicyclic amines) is 1. The van der Waals surface area contributed by atoms with Crippen LogP contribution in [0.4, 0.5) is 13.2 Å². The molecule has 1 aromatic carbocycles. The molecule has 2 aliphatic heterocycles. The van der Waals surface area contributed by atoms with Crippen molar-refractivity contribution in [3.63, 3.8) is 0 Å². The third-order valence-electron chi connectivity index (χ3n) is 9.29. The molecular formula is C29H36F3N5O7S. The number of piperidine rings is 1. The van der Waals surface area contributed by atoms with Gasteiger partial charge in [-0.2, -0.15) is 13.2 Å². The van der Waals surface area contributed by atoms with Crippen molar-refractivity contribution in [2.45, 2.75) is 64.8 Å². The third-order valence-corrected chi connectivity index (χ3v) is 9.97.